The predicted octanol–water partition coefficient (Wildman–Crippen LogP) is 4.46. The molecule has 0 fully saturated rings. The van der Waals surface area contributed by atoms with Crippen LogP contribution >= 0.6 is 11.6 Å². The smallest absolute Gasteiger partial charge is 0.0435 e. The number of likely N-dealkylation sites (N-methyl/N-ethyl adjacent to an activating group) is 1. The van der Waals surface area contributed by atoms with Gasteiger partial charge in [-0.3, -0.25) is 0 Å². The van der Waals surface area contributed by atoms with Gasteiger partial charge in [0, 0.05) is 11.1 Å². The minimum absolute atomic E-state index is 0.317. The zero-order valence-corrected chi connectivity index (χ0v) is 12.5. The van der Waals surface area contributed by atoms with Crippen molar-refractivity contribution in [1.29, 1.82) is 0 Å². The van der Waals surface area contributed by atoms with Gasteiger partial charge in [-0.25, -0.2) is 0 Å². The maximum absolute atomic E-state index is 6.09. The predicted molar refractivity (Wildman–Crippen MR) is 82.9 cm³/mol. The Bertz CT molecular complexity index is 563. The van der Waals surface area contributed by atoms with Crippen molar-refractivity contribution in [3.63, 3.8) is 0 Å². The summed E-state index contributed by atoms with van der Waals surface area (Å²) in [7, 11) is 2.00. The van der Waals surface area contributed by atoms with Crippen molar-refractivity contribution >= 4 is 11.6 Å². The van der Waals surface area contributed by atoms with Crippen molar-refractivity contribution in [2.45, 2.75) is 26.3 Å². The van der Waals surface area contributed by atoms with E-state index in [4.69, 9.17) is 11.6 Å². The fraction of sp³-hybridized carbons (Fsp3) is 0.294. The number of rotatable bonds is 4. The highest BCUT2D eigenvalue weighted by atomic mass is 35.5. The van der Waals surface area contributed by atoms with Gasteiger partial charge in [0.15, 0.2) is 0 Å². The lowest BCUT2D eigenvalue weighted by molar-refractivity contribution is 0.591. The van der Waals surface area contributed by atoms with Crippen LogP contribution < -0.4 is 5.32 Å². The lowest BCUT2D eigenvalue weighted by Crippen LogP contribution is -2.19. The molecule has 0 aromatic heterocycles. The van der Waals surface area contributed by atoms with Crippen LogP contribution in [0.15, 0.2) is 42.5 Å². The number of aryl methyl sites for hydroxylation is 2. The second-order valence-corrected chi connectivity index (χ2v) is 5.45. The molecule has 0 aliphatic rings. The molecule has 100 valence electrons. The van der Waals surface area contributed by atoms with E-state index in [1.165, 1.54) is 16.7 Å². The molecule has 0 saturated carbocycles. The first-order valence-corrected chi connectivity index (χ1v) is 6.97. The van der Waals surface area contributed by atoms with Gasteiger partial charge in [0.2, 0.25) is 0 Å². The highest BCUT2D eigenvalue weighted by Gasteiger charge is 2.11. The molecule has 1 nitrogen and oxygen atoms in total. The summed E-state index contributed by atoms with van der Waals surface area (Å²) in [5.41, 5.74) is 5.07. The summed E-state index contributed by atoms with van der Waals surface area (Å²) < 4.78 is 0. The maximum atomic E-state index is 6.09. The Kier molecular flexibility index (Phi) is 4.62. The van der Waals surface area contributed by atoms with E-state index in [9.17, 15) is 0 Å². The van der Waals surface area contributed by atoms with Crippen LogP contribution in [0.4, 0.5) is 0 Å². The Balaban J connectivity index is 2.22. The second kappa shape index (κ2) is 6.23. The molecule has 19 heavy (non-hydrogen) atoms. The third-order valence-electron chi connectivity index (χ3n) is 3.46. The molecule has 0 aliphatic heterocycles. The molecule has 2 rings (SSSR count). The van der Waals surface area contributed by atoms with Gasteiger partial charge in [0.05, 0.1) is 0 Å². The summed E-state index contributed by atoms with van der Waals surface area (Å²) in [5, 5.41) is 4.22. The number of nitrogens with one attached hydrogen (secondary N) is 1. The standard InChI is InChI=1S/C17H20ClN/c1-12-5-4-6-14(9-12)11-17(19-3)15-7-8-16(18)13(2)10-15/h4-10,17,19H,11H2,1-3H3. The van der Waals surface area contributed by atoms with E-state index in [1.807, 2.05) is 20.0 Å². The molecule has 1 unspecified atom stereocenters. The Morgan fingerprint density at radius 2 is 1.89 bits per heavy atom. The molecule has 2 aromatic carbocycles. The Morgan fingerprint density at radius 1 is 1.11 bits per heavy atom. The summed E-state index contributed by atoms with van der Waals surface area (Å²) in [4.78, 5) is 0. The van der Waals surface area contributed by atoms with Crippen LogP contribution in [0.5, 0.6) is 0 Å². The molecule has 0 spiro atoms. The molecular formula is C17H20ClN. The van der Waals surface area contributed by atoms with E-state index >= 15 is 0 Å². The van der Waals surface area contributed by atoms with Crippen molar-refractivity contribution in [1.82, 2.24) is 5.32 Å². The first kappa shape index (κ1) is 14.1. The largest absolute Gasteiger partial charge is 0.313 e. The molecule has 2 aromatic rings. The summed E-state index contributed by atoms with van der Waals surface area (Å²) in [6, 6.07) is 15.2. The fourth-order valence-electron chi connectivity index (χ4n) is 2.35. The van der Waals surface area contributed by atoms with Crippen LogP contribution in [-0.4, -0.2) is 7.05 Å². The van der Waals surface area contributed by atoms with Gasteiger partial charge < -0.3 is 5.32 Å². The van der Waals surface area contributed by atoms with Gasteiger partial charge in [-0.05, 0) is 50.1 Å². The summed E-state index contributed by atoms with van der Waals surface area (Å²) >= 11 is 6.09. The summed E-state index contributed by atoms with van der Waals surface area (Å²) in [6.07, 6.45) is 0.985. The Labute approximate surface area is 120 Å². The normalized spacial score (nSPS) is 12.4. The van der Waals surface area contributed by atoms with E-state index in [0.717, 1.165) is 17.0 Å². The van der Waals surface area contributed by atoms with Crippen molar-refractivity contribution in [2.24, 2.45) is 0 Å². The average Bonchev–Trinajstić information content (AvgIpc) is 2.39. The lowest BCUT2D eigenvalue weighted by Gasteiger charge is -2.18. The van der Waals surface area contributed by atoms with Crippen LogP contribution in [0.1, 0.15) is 28.3 Å². The van der Waals surface area contributed by atoms with Crippen molar-refractivity contribution < 1.29 is 0 Å². The fourth-order valence-corrected chi connectivity index (χ4v) is 2.46. The summed E-state index contributed by atoms with van der Waals surface area (Å²) in [6.45, 7) is 4.18. The number of hydrogen-bond acceptors (Lipinski definition) is 1. The van der Waals surface area contributed by atoms with Crippen molar-refractivity contribution in [3.8, 4) is 0 Å². The molecule has 1 atom stereocenters. The van der Waals surface area contributed by atoms with Crippen molar-refractivity contribution in [2.75, 3.05) is 7.05 Å². The molecule has 0 heterocycles. The third-order valence-corrected chi connectivity index (χ3v) is 3.88. The van der Waals surface area contributed by atoms with E-state index in [2.05, 4.69) is 48.6 Å². The van der Waals surface area contributed by atoms with Crippen LogP contribution in [0.2, 0.25) is 5.02 Å². The lowest BCUT2D eigenvalue weighted by atomic mass is 9.97. The van der Waals surface area contributed by atoms with Gasteiger partial charge in [0.1, 0.15) is 0 Å². The molecule has 2 heteroatoms. The molecular weight excluding hydrogens is 254 g/mol. The molecule has 0 aliphatic carbocycles. The van der Waals surface area contributed by atoms with E-state index in [-0.39, 0.29) is 0 Å². The zero-order valence-electron chi connectivity index (χ0n) is 11.7. The third kappa shape index (κ3) is 3.59. The molecule has 0 bridgehead atoms. The molecule has 1 N–H and O–H groups in total. The SMILES string of the molecule is CNC(Cc1cccc(C)c1)c1ccc(Cl)c(C)c1. The Morgan fingerprint density at radius 3 is 2.53 bits per heavy atom. The highest BCUT2D eigenvalue weighted by Crippen LogP contribution is 2.23. The van der Waals surface area contributed by atoms with Crippen LogP contribution in [0.3, 0.4) is 0 Å². The number of halogens is 1. The van der Waals surface area contributed by atoms with Gasteiger partial charge in [-0.1, -0.05) is 53.6 Å². The molecule has 0 saturated heterocycles. The first-order valence-electron chi connectivity index (χ1n) is 6.59. The van der Waals surface area contributed by atoms with E-state index in [1.54, 1.807) is 0 Å². The highest BCUT2D eigenvalue weighted by molar-refractivity contribution is 6.31. The van der Waals surface area contributed by atoms with Crippen molar-refractivity contribution in [3.05, 3.63) is 69.7 Å². The minimum Gasteiger partial charge on any atom is -0.313 e. The van der Waals surface area contributed by atoms with Gasteiger partial charge in [0.25, 0.3) is 0 Å². The molecule has 0 amide bonds. The topological polar surface area (TPSA) is 12.0 Å². The second-order valence-electron chi connectivity index (χ2n) is 5.04. The average molecular weight is 274 g/mol. The maximum Gasteiger partial charge on any atom is 0.0435 e. The van der Waals surface area contributed by atoms with E-state index in [0.29, 0.717) is 6.04 Å². The molecule has 0 radical (unpaired) electrons. The van der Waals surface area contributed by atoms with Crippen LogP contribution in [0, 0.1) is 13.8 Å². The van der Waals surface area contributed by atoms with Gasteiger partial charge in [-0.15, -0.1) is 0 Å². The summed E-state index contributed by atoms with van der Waals surface area (Å²) in [5.74, 6) is 0. The van der Waals surface area contributed by atoms with Crippen LogP contribution in [0.25, 0.3) is 0 Å². The number of benzene rings is 2. The van der Waals surface area contributed by atoms with E-state index < -0.39 is 0 Å². The quantitative estimate of drug-likeness (QED) is 0.867. The monoisotopic (exact) mass is 273 g/mol. The van der Waals surface area contributed by atoms with Crippen LogP contribution in [-0.2, 0) is 6.42 Å². The van der Waals surface area contributed by atoms with Gasteiger partial charge >= 0.3 is 0 Å². The zero-order chi connectivity index (χ0) is 13.8. The first-order chi connectivity index (χ1) is 9.10. The Hall–Kier alpha value is -1.31. The van der Waals surface area contributed by atoms with Gasteiger partial charge in [-0.2, -0.15) is 0 Å². The number of hydrogen-bond donors (Lipinski definition) is 1. The minimum atomic E-state index is 0.317.